The molecule has 23 heavy (non-hydrogen) atoms. The molecule has 0 radical (unpaired) electrons. The van der Waals surface area contributed by atoms with Gasteiger partial charge in [0.05, 0.1) is 5.69 Å². The molecule has 1 aliphatic rings. The molecular formula is C17H24N2O3S. The number of hydrogen-bond donors (Lipinski definition) is 1. The average molecular weight is 336 g/mol. The van der Waals surface area contributed by atoms with Crippen molar-refractivity contribution >= 4 is 23.6 Å². The number of carbonyl (C=O) groups excluding carboxylic acids is 1. The lowest BCUT2D eigenvalue weighted by Crippen LogP contribution is -2.40. The molecule has 1 aromatic rings. The highest BCUT2D eigenvalue weighted by atomic mass is 32.2. The van der Waals surface area contributed by atoms with Gasteiger partial charge in [-0.15, -0.1) is 0 Å². The Labute approximate surface area is 141 Å². The van der Waals surface area contributed by atoms with Crippen LogP contribution in [0.1, 0.15) is 37.8 Å². The highest BCUT2D eigenvalue weighted by Gasteiger charge is 2.23. The van der Waals surface area contributed by atoms with Crippen molar-refractivity contribution in [2.45, 2.75) is 37.9 Å². The van der Waals surface area contributed by atoms with Crippen LogP contribution in [0, 0.1) is 5.92 Å². The van der Waals surface area contributed by atoms with Gasteiger partial charge in [-0.3, -0.25) is 14.6 Å². The van der Waals surface area contributed by atoms with Gasteiger partial charge in [-0.2, -0.15) is 11.8 Å². The van der Waals surface area contributed by atoms with Gasteiger partial charge in [0.2, 0.25) is 5.91 Å². The summed E-state index contributed by atoms with van der Waals surface area (Å²) >= 11 is 1.73. The van der Waals surface area contributed by atoms with Gasteiger partial charge in [-0.1, -0.05) is 6.07 Å². The molecule has 0 spiro atoms. The molecule has 0 bridgehead atoms. The Morgan fingerprint density at radius 1 is 1.35 bits per heavy atom. The Balaban J connectivity index is 1.65. The van der Waals surface area contributed by atoms with Crippen molar-refractivity contribution in [2.75, 3.05) is 18.8 Å². The Kier molecular flexibility index (Phi) is 7.39. The van der Waals surface area contributed by atoms with Crippen molar-refractivity contribution in [1.82, 2.24) is 9.88 Å². The molecule has 1 aromatic heterocycles. The predicted molar refractivity (Wildman–Crippen MR) is 91.2 cm³/mol. The number of aliphatic carboxylic acids is 1. The first-order valence-electron chi connectivity index (χ1n) is 8.12. The Hall–Kier alpha value is -1.56. The van der Waals surface area contributed by atoms with Crippen molar-refractivity contribution in [3.8, 4) is 0 Å². The molecule has 1 unspecified atom stereocenters. The van der Waals surface area contributed by atoms with Crippen LogP contribution in [0.25, 0.3) is 0 Å². The summed E-state index contributed by atoms with van der Waals surface area (Å²) in [5.74, 6) is 1.41. The summed E-state index contributed by atoms with van der Waals surface area (Å²) in [6.07, 6.45) is 5.22. The number of carboxylic acid groups (broad SMARTS) is 1. The first-order valence-corrected chi connectivity index (χ1v) is 9.28. The van der Waals surface area contributed by atoms with Crippen molar-refractivity contribution in [3.05, 3.63) is 30.1 Å². The number of thioether (sulfide) groups is 1. The van der Waals surface area contributed by atoms with E-state index in [1.54, 1.807) is 18.0 Å². The summed E-state index contributed by atoms with van der Waals surface area (Å²) in [6.45, 7) is 1.53. The van der Waals surface area contributed by atoms with E-state index >= 15 is 0 Å². The number of pyridine rings is 1. The standard InChI is InChI=1S/C17H24N2O3S/c20-16(8-11-23-13-15-5-1-2-9-18-15)19-10-3-4-14(12-19)6-7-17(21)22/h1-2,5,9,14H,3-4,6-8,10-13H2,(H,21,22). The van der Waals surface area contributed by atoms with Crippen LogP contribution in [0.5, 0.6) is 0 Å². The second-order valence-corrected chi connectivity index (χ2v) is 7.01. The van der Waals surface area contributed by atoms with Gasteiger partial charge in [0.15, 0.2) is 0 Å². The summed E-state index contributed by atoms with van der Waals surface area (Å²) in [7, 11) is 0. The zero-order chi connectivity index (χ0) is 16.5. The highest BCUT2D eigenvalue weighted by molar-refractivity contribution is 7.98. The quantitative estimate of drug-likeness (QED) is 0.739. The summed E-state index contributed by atoms with van der Waals surface area (Å²) in [5, 5.41) is 8.77. The topological polar surface area (TPSA) is 70.5 Å². The van der Waals surface area contributed by atoms with Gasteiger partial charge in [-0.25, -0.2) is 0 Å². The summed E-state index contributed by atoms with van der Waals surface area (Å²) in [5.41, 5.74) is 1.04. The molecule has 1 fully saturated rings. The molecule has 5 nitrogen and oxygen atoms in total. The van der Waals surface area contributed by atoms with Gasteiger partial charge in [0.1, 0.15) is 0 Å². The van der Waals surface area contributed by atoms with Crippen LogP contribution in [0.2, 0.25) is 0 Å². The lowest BCUT2D eigenvalue weighted by Gasteiger charge is -2.32. The summed E-state index contributed by atoms with van der Waals surface area (Å²) in [6, 6.07) is 5.86. The van der Waals surface area contributed by atoms with Crippen molar-refractivity contribution < 1.29 is 14.7 Å². The van der Waals surface area contributed by atoms with Crippen molar-refractivity contribution in [1.29, 1.82) is 0 Å². The maximum absolute atomic E-state index is 12.3. The minimum absolute atomic E-state index is 0.193. The molecule has 0 saturated carbocycles. The lowest BCUT2D eigenvalue weighted by atomic mass is 9.93. The predicted octanol–water partition coefficient (Wildman–Crippen LogP) is 2.81. The second kappa shape index (κ2) is 9.55. The van der Waals surface area contributed by atoms with Crippen LogP contribution in [-0.2, 0) is 15.3 Å². The number of rotatable bonds is 8. The highest BCUT2D eigenvalue weighted by Crippen LogP contribution is 2.22. The number of aromatic nitrogens is 1. The SMILES string of the molecule is O=C(O)CCC1CCCN(C(=O)CCSCc2ccccn2)C1. The van der Waals surface area contributed by atoms with Crippen LogP contribution in [-0.4, -0.2) is 45.7 Å². The minimum Gasteiger partial charge on any atom is -0.481 e. The Bertz CT molecular complexity index is 510. The molecule has 0 aliphatic carbocycles. The average Bonchev–Trinajstić information content (AvgIpc) is 2.58. The van der Waals surface area contributed by atoms with Crippen LogP contribution in [0.3, 0.4) is 0 Å². The second-order valence-electron chi connectivity index (χ2n) is 5.90. The van der Waals surface area contributed by atoms with E-state index in [2.05, 4.69) is 4.98 Å². The fourth-order valence-electron chi connectivity index (χ4n) is 2.83. The largest absolute Gasteiger partial charge is 0.481 e. The van der Waals surface area contributed by atoms with E-state index in [1.165, 1.54) is 0 Å². The van der Waals surface area contributed by atoms with Crippen LogP contribution >= 0.6 is 11.8 Å². The zero-order valence-corrected chi connectivity index (χ0v) is 14.1. The first kappa shape index (κ1) is 17.8. The van der Waals surface area contributed by atoms with E-state index in [0.717, 1.165) is 43.1 Å². The number of piperidine rings is 1. The molecule has 6 heteroatoms. The fraction of sp³-hybridized carbons (Fsp3) is 0.588. The number of amides is 1. The molecule has 1 N–H and O–H groups in total. The number of nitrogens with zero attached hydrogens (tertiary/aromatic N) is 2. The lowest BCUT2D eigenvalue weighted by molar-refractivity contribution is -0.137. The molecule has 0 aromatic carbocycles. The number of carboxylic acids is 1. The van der Waals surface area contributed by atoms with Gasteiger partial charge in [0, 0.05) is 43.6 Å². The molecule has 1 aliphatic heterocycles. The zero-order valence-electron chi connectivity index (χ0n) is 13.3. The van der Waals surface area contributed by atoms with Gasteiger partial charge >= 0.3 is 5.97 Å². The normalized spacial score (nSPS) is 17.9. The minimum atomic E-state index is -0.751. The smallest absolute Gasteiger partial charge is 0.303 e. The van der Waals surface area contributed by atoms with E-state index in [9.17, 15) is 9.59 Å². The van der Waals surface area contributed by atoms with Gasteiger partial charge in [0.25, 0.3) is 0 Å². The fourth-order valence-corrected chi connectivity index (χ4v) is 3.68. The first-order chi connectivity index (χ1) is 11.1. The van der Waals surface area contributed by atoms with E-state index < -0.39 is 5.97 Å². The van der Waals surface area contributed by atoms with E-state index in [-0.39, 0.29) is 12.3 Å². The van der Waals surface area contributed by atoms with Crippen LogP contribution in [0.4, 0.5) is 0 Å². The Morgan fingerprint density at radius 3 is 2.96 bits per heavy atom. The van der Waals surface area contributed by atoms with Crippen LogP contribution in [0.15, 0.2) is 24.4 Å². The van der Waals surface area contributed by atoms with Gasteiger partial charge < -0.3 is 10.0 Å². The summed E-state index contributed by atoms with van der Waals surface area (Å²) in [4.78, 5) is 29.1. The van der Waals surface area contributed by atoms with Crippen molar-refractivity contribution in [3.63, 3.8) is 0 Å². The molecule has 1 amide bonds. The number of carbonyl (C=O) groups is 2. The van der Waals surface area contributed by atoms with E-state index in [0.29, 0.717) is 18.8 Å². The number of hydrogen-bond acceptors (Lipinski definition) is 4. The maximum atomic E-state index is 12.3. The van der Waals surface area contributed by atoms with Crippen LogP contribution < -0.4 is 0 Å². The number of likely N-dealkylation sites (tertiary alicyclic amines) is 1. The molecule has 1 saturated heterocycles. The van der Waals surface area contributed by atoms with E-state index in [1.807, 2.05) is 23.1 Å². The molecule has 126 valence electrons. The monoisotopic (exact) mass is 336 g/mol. The van der Waals surface area contributed by atoms with E-state index in [4.69, 9.17) is 5.11 Å². The third-order valence-corrected chi connectivity index (χ3v) is 5.07. The third-order valence-electron chi connectivity index (χ3n) is 4.07. The Morgan fingerprint density at radius 2 is 2.22 bits per heavy atom. The molecule has 1 atom stereocenters. The molecule has 2 rings (SSSR count). The van der Waals surface area contributed by atoms with Gasteiger partial charge in [-0.05, 0) is 37.3 Å². The molecule has 2 heterocycles. The molecular weight excluding hydrogens is 312 g/mol. The third kappa shape index (κ3) is 6.60. The maximum Gasteiger partial charge on any atom is 0.303 e. The van der Waals surface area contributed by atoms with Crippen molar-refractivity contribution in [2.24, 2.45) is 5.92 Å². The summed E-state index contributed by atoms with van der Waals surface area (Å²) < 4.78 is 0.